The van der Waals surface area contributed by atoms with Gasteiger partial charge in [-0.15, -0.1) is 0 Å². The molecule has 1 aliphatic heterocycles. The van der Waals surface area contributed by atoms with E-state index in [0.717, 1.165) is 0 Å². The molecular weight excluding hydrogens is 180 g/mol. The van der Waals surface area contributed by atoms with E-state index >= 15 is 0 Å². The van der Waals surface area contributed by atoms with E-state index in [1.54, 1.807) is 12.1 Å². The van der Waals surface area contributed by atoms with E-state index in [2.05, 4.69) is 13.9 Å². The fourth-order valence-corrected chi connectivity index (χ4v) is 1.45. The van der Waals surface area contributed by atoms with Crippen LogP contribution in [0.5, 0.6) is 0 Å². The second-order valence-electron chi connectivity index (χ2n) is 2.11. The van der Waals surface area contributed by atoms with Crippen molar-refractivity contribution in [3.8, 4) is 0 Å². The summed E-state index contributed by atoms with van der Waals surface area (Å²) in [5, 5.41) is 0. The first-order valence-electron chi connectivity index (χ1n) is 3.13. The molecule has 62 valence electrons. The predicted molar refractivity (Wildman–Crippen MR) is 41.4 cm³/mol. The number of nitrogens with zero attached hydrogens (tertiary/aromatic N) is 1. The summed E-state index contributed by atoms with van der Waals surface area (Å²) in [4.78, 5) is 14.8. The zero-order valence-electron chi connectivity index (χ0n) is 5.81. The lowest BCUT2D eigenvalue weighted by Crippen LogP contribution is -2.22. The first-order valence-corrected chi connectivity index (χ1v) is 4.21. The largest absolute Gasteiger partial charge is 0.357 e. The van der Waals surface area contributed by atoms with Gasteiger partial charge < -0.3 is 4.18 Å². The maximum Gasteiger partial charge on any atom is 0.357 e. The van der Waals surface area contributed by atoms with Crippen LogP contribution in [0.25, 0.3) is 0 Å². The van der Waals surface area contributed by atoms with E-state index in [1.807, 2.05) is 0 Å². The van der Waals surface area contributed by atoms with E-state index in [1.165, 1.54) is 6.20 Å². The Morgan fingerprint density at radius 2 is 2.42 bits per heavy atom. The summed E-state index contributed by atoms with van der Waals surface area (Å²) >= 11 is -1.79. The summed E-state index contributed by atoms with van der Waals surface area (Å²) in [6.07, 6.45) is 1.50. The van der Waals surface area contributed by atoms with Crippen LogP contribution in [0.1, 0.15) is 10.4 Å². The molecule has 12 heavy (non-hydrogen) atoms. The molecule has 0 bridgehead atoms. The number of fused-ring (bicyclic) bond motifs is 1. The van der Waals surface area contributed by atoms with Gasteiger partial charge in [-0.3, -0.25) is 4.72 Å². The van der Waals surface area contributed by atoms with Crippen molar-refractivity contribution in [1.29, 1.82) is 0 Å². The molecule has 1 N–H and O–H groups in total. The van der Waals surface area contributed by atoms with Crippen molar-refractivity contribution in [2.75, 3.05) is 4.72 Å². The third-order valence-electron chi connectivity index (χ3n) is 1.36. The lowest BCUT2D eigenvalue weighted by molar-refractivity contribution is 0.0755. The summed E-state index contributed by atoms with van der Waals surface area (Å²) in [6, 6.07) is 3.16. The smallest absolute Gasteiger partial charge is 0.344 e. The molecule has 2 heterocycles. The standard InChI is InChI=1S/C6H4N2O3S/c9-6-4-2-1-3-7-5(4)8-12(10)11-6/h1-3H,(H,7,8). The topological polar surface area (TPSA) is 68.3 Å². The Kier molecular flexibility index (Phi) is 1.54. The lowest BCUT2D eigenvalue weighted by atomic mass is 10.3. The van der Waals surface area contributed by atoms with Crippen molar-refractivity contribution >= 4 is 23.1 Å². The van der Waals surface area contributed by atoms with Crippen LogP contribution in [-0.2, 0) is 15.4 Å². The van der Waals surface area contributed by atoms with Gasteiger partial charge in [-0.2, -0.15) is 4.21 Å². The van der Waals surface area contributed by atoms with Crippen molar-refractivity contribution in [1.82, 2.24) is 4.98 Å². The van der Waals surface area contributed by atoms with Gasteiger partial charge in [-0.25, -0.2) is 9.78 Å². The third-order valence-corrected chi connectivity index (χ3v) is 2.02. The fourth-order valence-electron chi connectivity index (χ4n) is 0.865. The van der Waals surface area contributed by atoms with Crippen LogP contribution >= 0.6 is 0 Å². The van der Waals surface area contributed by atoms with Crippen LogP contribution in [0.3, 0.4) is 0 Å². The lowest BCUT2D eigenvalue weighted by Gasteiger charge is -2.13. The molecule has 1 aliphatic rings. The number of nitrogens with one attached hydrogen (secondary N) is 1. The van der Waals surface area contributed by atoms with Gasteiger partial charge in [0.25, 0.3) is 0 Å². The molecule has 0 aliphatic carbocycles. The van der Waals surface area contributed by atoms with Crippen molar-refractivity contribution in [3.05, 3.63) is 23.9 Å². The van der Waals surface area contributed by atoms with Crippen LogP contribution < -0.4 is 4.72 Å². The van der Waals surface area contributed by atoms with Gasteiger partial charge >= 0.3 is 17.2 Å². The number of carbonyl (C=O) groups is 1. The van der Waals surface area contributed by atoms with E-state index in [-0.39, 0.29) is 0 Å². The highest BCUT2D eigenvalue weighted by molar-refractivity contribution is 7.82. The average Bonchev–Trinajstić information content (AvgIpc) is 2.04. The number of aromatic nitrogens is 1. The van der Waals surface area contributed by atoms with Gasteiger partial charge in [0.2, 0.25) is 0 Å². The van der Waals surface area contributed by atoms with Crippen LogP contribution in [0, 0.1) is 0 Å². The Morgan fingerprint density at radius 1 is 1.58 bits per heavy atom. The van der Waals surface area contributed by atoms with Crippen LogP contribution in [0.4, 0.5) is 5.82 Å². The van der Waals surface area contributed by atoms with Gasteiger partial charge in [0.1, 0.15) is 5.56 Å². The van der Waals surface area contributed by atoms with Crippen molar-refractivity contribution < 1.29 is 13.2 Å². The first-order chi connectivity index (χ1) is 5.77. The molecule has 0 spiro atoms. The minimum absolute atomic E-state index is 0.298. The number of hydrogen-bond acceptors (Lipinski definition) is 4. The second-order valence-corrected chi connectivity index (χ2v) is 2.95. The normalized spacial score (nSPS) is 20.7. The number of anilines is 1. The molecule has 1 atom stereocenters. The Bertz CT molecular complexity index is 366. The first kappa shape index (κ1) is 7.23. The van der Waals surface area contributed by atoms with Crippen LogP contribution in [0.2, 0.25) is 0 Å². The van der Waals surface area contributed by atoms with Crippen molar-refractivity contribution in [3.63, 3.8) is 0 Å². The molecule has 0 saturated heterocycles. The average molecular weight is 184 g/mol. The Labute approximate surface area is 70.6 Å². The summed E-state index contributed by atoms with van der Waals surface area (Å²) in [7, 11) is 0. The Balaban J connectivity index is 2.54. The van der Waals surface area contributed by atoms with E-state index < -0.39 is 17.2 Å². The van der Waals surface area contributed by atoms with Gasteiger partial charge in [0.15, 0.2) is 5.82 Å². The summed E-state index contributed by atoms with van der Waals surface area (Å²) in [5.74, 6) is -0.317. The second kappa shape index (κ2) is 2.56. The van der Waals surface area contributed by atoms with Crippen molar-refractivity contribution in [2.45, 2.75) is 0 Å². The van der Waals surface area contributed by atoms with Crippen LogP contribution in [0.15, 0.2) is 18.3 Å². The highest BCUT2D eigenvalue weighted by Gasteiger charge is 2.23. The molecule has 1 aromatic heterocycles. The molecule has 0 aromatic carbocycles. The molecule has 0 fully saturated rings. The van der Waals surface area contributed by atoms with Gasteiger partial charge in [-0.1, -0.05) is 0 Å². The zero-order valence-corrected chi connectivity index (χ0v) is 6.63. The maximum absolute atomic E-state index is 11.0. The van der Waals surface area contributed by atoms with Crippen LogP contribution in [-0.4, -0.2) is 15.2 Å². The fraction of sp³-hybridized carbons (Fsp3) is 0. The number of rotatable bonds is 0. The SMILES string of the molecule is O=C1OS(=O)Nc2ncccc21. The maximum atomic E-state index is 11.0. The minimum Gasteiger partial charge on any atom is -0.344 e. The quantitative estimate of drug-likeness (QED) is 0.627. The van der Waals surface area contributed by atoms with Gasteiger partial charge in [0, 0.05) is 6.20 Å². The number of pyridine rings is 1. The van der Waals surface area contributed by atoms with Gasteiger partial charge in [-0.05, 0) is 12.1 Å². The molecular formula is C6H4N2O3S. The number of hydrogen-bond donors (Lipinski definition) is 1. The molecule has 0 saturated carbocycles. The minimum atomic E-state index is -1.79. The van der Waals surface area contributed by atoms with Gasteiger partial charge in [0.05, 0.1) is 0 Å². The molecule has 5 nitrogen and oxygen atoms in total. The Morgan fingerprint density at radius 3 is 3.25 bits per heavy atom. The monoisotopic (exact) mass is 184 g/mol. The van der Waals surface area contributed by atoms with E-state index in [4.69, 9.17) is 0 Å². The molecule has 1 aromatic rings. The summed E-state index contributed by atoms with van der Waals surface area (Å²) in [6.45, 7) is 0. The highest BCUT2D eigenvalue weighted by Crippen LogP contribution is 2.18. The Hall–Kier alpha value is -1.43. The van der Waals surface area contributed by atoms with Crippen molar-refractivity contribution in [2.24, 2.45) is 0 Å². The summed E-state index contributed by atoms with van der Waals surface area (Å²) in [5.41, 5.74) is 0.303. The molecule has 0 radical (unpaired) electrons. The zero-order chi connectivity index (χ0) is 8.55. The molecule has 2 rings (SSSR count). The number of carbonyl (C=O) groups excluding carboxylic acids is 1. The molecule has 6 heteroatoms. The molecule has 1 unspecified atom stereocenters. The highest BCUT2D eigenvalue weighted by atomic mass is 32.2. The van der Waals surface area contributed by atoms with E-state index in [9.17, 15) is 9.00 Å². The summed E-state index contributed by atoms with van der Waals surface area (Å²) < 4.78 is 17.6. The third kappa shape index (κ3) is 1.06. The molecule has 0 amide bonds. The van der Waals surface area contributed by atoms with E-state index in [0.29, 0.717) is 11.4 Å². The predicted octanol–water partition coefficient (Wildman–Crippen LogP) is 0.243.